The van der Waals surface area contributed by atoms with Gasteiger partial charge >= 0.3 is 5.97 Å². The van der Waals surface area contributed by atoms with E-state index >= 15 is 0 Å². The maximum Gasteiger partial charge on any atom is 0.358 e. The average molecular weight is 243 g/mol. The fourth-order valence-electron chi connectivity index (χ4n) is 1.94. The Hall–Kier alpha value is -2.63. The summed E-state index contributed by atoms with van der Waals surface area (Å²) < 4.78 is 6.79. The number of carboxylic acids is 1. The third kappa shape index (κ3) is 1.46. The van der Waals surface area contributed by atoms with Gasteiger partial charge in [0.25, 0.3) is 0 Å². The Balaban J connectivity index is 2.24. The van der Waals surface area contributed by atoms with E-state index in [2.05, 4.69) is 10.3 Å². The van der Waals surface area contributed by atoms with Crippen LogP contribution in [0.5, 0.6) is 0 Å². The van der Waals surface area contributed by atoms with Crippen molar-refractivity contribution in [2.75, 3.05) is 0 Å². The van der Waals surface area contributed by atoms with Crippen molar-refractivity contribution in [1.82, 2.24) is 14.9 Å². The van der Waals surface area contributed by atoms with Crippen molar-refractivity contribution in [1.29, 1.82) is 0 Å². The van der Waals surface area contributed by atoms with Crippen molar-refractivity contribution >= 4 is 16.9 Å². The van der Waals surface area contributed by atoms with E-state index in [-0.39, 0.29) is 5.69 Å². The maximum atomic E-state index is 10.8. The predicted octanol–water partition coefficient (Wildman–Crippen LogP) is 1.93. The van der Waals surface area contributed by atoms with Gasteiger partial charge in [-0.3, -0.25) is 4.68 Å². The molecule has 0 atom stereocenters. The number of hydrogen-bond donors (Lipinski definition) is 1. The Morgan fingerprint density at radius 1 is 1.44 bits per heavy atom. The molecular formula is C12H9N3O3. The van der Waals surface area contributed by atoms with E-state index in [1.54, 1.807) is 10.9 Å². The number of aromatic nitrogens is 3. The highest BCUT2D eigenvalue weighted by Gasteiger charge is 2.15. The fourth-order valence-corrected chi connectivity index (χ4v) is 1.94. The number of rotatable bonds is 2. The first-order valence-electron chi connectivity index (χ1n) is 5.28. The van der Waals surface area contributed by atoms with Gasteiger partial charge in [-0.05, 0) is 6.07 Å². The van der Waals surface area contributed by atoms with Crippen LogP contribution in [0.15, 0.2) is 35.0 Å². The number of aryl methyl sites for hydroxylation is 1. The first-order chi connectivity index (χ1) is 8.66. The van der Waals surface area contributed by atoms with E-state index in [0.717, 1.165) is 16.5 Å². The first-order valence-corrected chi connectivity index (χ1v) is 5.28. The van der Waals surface area contributed by atoms with Gasteiger partial charge in [0.15, 0.2) is 11.5 Å². The fraction of sp³-hybridized carbons (Fsp3) is 0.0833. The summed E-state index contributed by atoms with van der Waals surface area (Å²) in [6.45, 7) is 0. The molecule has 0 radical (unpaired) electrons. The summed E-state index contributed by atoms with van der Waals surface area (Å²) in [5.41, 5.74) is 1.54. The molecule has 90 valence electrons. The molecule has 2 heterocycles. The summed E-state index contributed by atoms with van der Waals surface area (Å²) in [5.74, 6) is -0.691. The number of para-hydroxylation sites is 1. The second-order valence-corrected chi connectivity index (χ2v) is 3.89. The molecule has 0 bridgehead atoms. The van der Waals surface area contributed by atoms with Gasteiger partial charge in [0.2, 0.25) is 0 Å². The topological polar surface area (TPSA) is 81.2 Å². The normalized spacial score (nSPS) is 10.9. The molecule has 18 heavy (non-hydrogen) atoms. The van der Waals surface area contributed by atoms with Crippen LogP contribution in [-0.2, 0) is 7.05 Å². The number of aromatic carboxylic acids is 1. The number of fused-ring (bicyclic) bond motifs is 1. The SMILES string of the molecule is Cn1ncc2cccc(-c3cc(C(=O)O)no3)c21. The van der Waals surface area contributed by atoms with Gasteiger partial charge in [0, 0.05) is 24.1 Å². The van der Waals surface area contributed by atoms with Crippen molar-refractivity contribution in [3.8, 4) is 11.3 Å². The Bertz CT molecular complexity index is 742. The lowest BCUT2D eigenvalue weighted by atomic mass is 10.1. The Labute approximate surface area is 101 Å². The molecule has 1 aromatic carbocycles. The summed E-state index contributed by atoms with van der Waals surface area (Å²) in [6, 6.07) is 7.04. The lowest BCUT2D eigenvalue weighted by Crippen LogP contribution is -1.94. The molecule has 0 aliphatic heterocycles. The van der Waals surface area contributed by atoms with Gasteiger partial charge in [0.1, 0.15) is 0 Å². The van der Waals surface area contributed by atoms with Gasteiger partial charge in [0.05, 0.1) is 11.7 Å². The number of nitrogens with zero attached hydrogens (tertiary/aromatic N) is 3. The molecule has 0 saturated carbocycles. The molecule has 3 aromatic rings. The van der Waals surface area contributed by atoms with Crippen molar-refractivity contribution in [3.63, 3.8) is 0 Å². The molecule has 3 rings (SSSR count). The number of carbonyl (C=O) groups is 1. The van der Waals surface area contributed by atoms with Crippen LogP contribution >= 0.6 is 0 Å². The van der Waals surface area contributed by atoms with Crippen molar-refractivity contribution in [2.45, 2.75) is 0 Å². The lowest BCUT2D eigenvalue weighted by Gasteiger charge is -2.00. The highest BCUT2D eigenvalue weighted by atomic mass is 16.5. The molecule has 0 unspecified atom stereocenters. The number of hydrogen-bond acceptors (Lipinski definition) is 4. The molecule has 0 aliphatic rings. The second kappa shape index (κ2) is 3.69. The Morgan fingerprint density at radius 2 is 2.28 bits per heavy atom. The highest BCUT2D eigenvalue weighted by molar-refractivity contribution is 5.94. The van der Waals surface area contributed by atoms with Crippen LogP contribution in [0.4, 0.5) is 0 Å². The minimum Gasteiger partial charge on any atom is -0.476 e. The largest absolute Gasteiger partial charge is 0.476 e. The van der Waals surface area contributed by atoms with Gasteiger partial charge in [-0.1, -0.05) is 17.3 Å². The van der Waals surface area contributed by atoms with Gasteiger partial charge in [-0.2, -0.15) is 5.10 Å². The Kier molecular flexibility index (Phi) is 2.16. The smallest absolute Gasteiger partial charge is 0.358 e. The minimum absolute atomic E-state index is 0.107. The predicted molar refractivity (Wildman–Crippen MR) is 63.2 cm³/mol. The van der Waals surface area contributed by atoms with E-state index in [9.17, 15) is 4.79 Å². The average Bonchev–Trinajstić information content (AvgIpc) is 2.96. The Morgan fingerprint density at radius 3 is 3.00 bits per heavy atom. The van der Waals surface area contributed by atoms with E-state index in [1.807, 2.05) is 25.2 Å². The van der Waals surface area contributed by atoms with E-state index in [0.29, 0.717) is 5.76 Å². The summed E-state index contributed by atoms with van der Waals surface area (Å²) in [6.07, 6.45) is 1.74. The zero-order valence-electron chi connectivity index (χ0n) is 9.49. The zero-order valence-corrected chi connectivity index (χ0v) is 9.49. The molecule has 0 aliphatic carbocycles. The third-order valence-corrected chi connectivity index (χ3v) is 2.76. The monoisotopic (exact) mass is 243 g/mol. The first kappa shape index (κ1) is 10.5. The quantitative estimate of drug-likeness (QED) is 0.743. The van der Waals surface area contributed by atoms with E-state index in [1.165, 1.54) is 6.07 Å². The summed E-state index contributed by atoms with van der Waals surface area (Å²) in [4.78, 5) is 10.8. The van der Waals surface area contributed by atoms with Crippen LogP contribution in [0.1, 0.15) is 10.5 Å². The standard InChI is InChI=1S/C12H9N3O3/c1-15-11-7(6-13-15)3-2-4-8(11)10-5-9(12(16)17)14-18-10/h2-6H,1H3,(H,16,17). The van der Waals surface area contributed by atoms with E-state index in [4.69, 9.17) is 9.63 Å². The van der Waals surface area contributed by atoms with Crippen LogP contribution in [0.3, 0.4) is 0 Å². The molecule has 0 fully saturated rings. The van der Waals surface area contributed by atoms with Gasteiger partial charge in [-0.15, -0.1) is 0 Å². The molecule has 6 heteroatoms. The third-order valence-electron chi connectivity index (χ3n) is 2.76. The van der Waals surface area contributed by atoms with Crippen LogP contribution in [0, 0.1) is 0 Å². The summed E-state index contributed by atoms with van der Waals surface area (Å²) >= 11 is 0. The van der Waals surface area contributed by atoms with Crippen LogP contribution < -0.4 is 0 Å². The maximum absolute atomic E-state index is 10.8. The molecule has 0 spiro atoms. The molecule has 0 saturated heterocycles. The highest BCUT2D eigenvalue weighted by Crippen LogP contribution is 2.28. The summed E-state index contributed by atoms with van der Waals surface area (Å²) in [5, 5.41) is 17.5. The van der Waals surface area contributed by atoms with Crippen LogP contribution in [-0.4, -0.2) is 26.0 Å². The van der Waals surface area contributed by atoms with E-state index < -0.39 is 5.97 Å². The molecule has 0 amide bonds. The molecule has 1 N–H and O–H groups in total. The number of benzene rings is 1. The molecule has 2 aromatic heterocycles. The zero-order chi connectivity index (χ0) is 12.7. The van der Waals surface area contributed by atoms with Gasteiger partial charge < -0.3 is 9.63 Å². The summed E-state index contributed by atoms with van der Waals surface area (Å²) in [7, 11) is 1.82. The lowest BCUT2D eigenvalue weighted by molar-refractivity contribution is 0.0686. The minimum atomic E-state index is -1.11. The van der Waals surface area contributed by atoms with Gasteiger partial charge in [-0.25, -0.2) is 4.79 Å². The van der Waals surface area contributed by atoms with Crippen LogP contribution in [0.2, 0.25) is 0 Å². The van der Waals surface area contributed by atoms with Crippen molar-refractivity contribution in [3.05, 3.63) is 36.2 Å². The van der Waals surface area contributed by atoms with Crippen molar-refractivity contribution in [2.24, 2.45) is 7.05 Å². The molecule has 6 nitrogen and oxygen atoms in total. The number of carboxylic acid groups (broad SMARTS) is 1. The second-order valence-electron chi connectivity index (χ2n) is 3.89. The molecular weight excluding hydrogens is 234 g/mol. The van der Waals surface area contributed by atoms with Crippen molar-refractivity contribution < 1.29 is 14.4 Å². The van der Waals surface area contributed by atoms with Crippen LogP contribution in [0.25, 0.3) is 22.2 Å².